The van der Waals surface area contributed by atoms with Crippen LogP contribution in [0.2, 0.25) is 0 Å². The first-order valence-electron chi connectivity index (χ1n) is 7.16. The lowest BCUT2D eigenvalue weighted by molar-refractivity contribution is -0.174. The molecule has 0 fully saturated rings. The number of halogens is 3. The summed E-state index contributed by atoms with van der Waals surface area (Å²) in [5, 5.41) is 4.63. The Labute approximate surface area is 135 Å². The van der Waals surface area contributed by atoms with E-state index in [0.717, 1.165) is 11.1 Å². The summed E-state index contributed by atoms with van der Waals surface area (Å²) in [6.45, 7) is 1.34. The second-order valence-corrected chi connectivity index (χ2v) is 5.47. The minimum absolute atomic E-state index is 0.290. The summed E-state index contributed by atoms with van der Waals surface area (Å²) in [6, 6.07) is 11.0. The van der Waals surface area contributed by atoms with E-state index >= 15 is 0 Å². The number of nitrogens with one attached hydrogen (secondary N) is 2. The molecule has 2 aromatic carbocycles. The quantitative estimate of drug-likeness (QED) is 0.884. The second-order valence-electron chi connectivity index (χ2n) is 5.47. The lowest BCUT2D eigenvalue weighted by Gasteiger charge is -2.17. The fraction of sp³-hybridized carbons (Fsp3) is 0.176. The van der Waals surface area contributed by atoms with Crippen LogP contribution in [0.15, 0.2) is 42.5 Å². The van der Waals surface area contributed by atoms with E-state index in [-0.39, 0.29) is 5.91 Å². The summed E-state index contributed by atoms with van der Waals surface area (Å²) in [6.07, 6.45) is -4.97. The van der Waals surface area contributed by atoms with Crippen LogP contribution in [-0.2, 0) is 9.59 Å². The van der Waals surface area contributed by atoms with Gasteiger partial charge in [-0.25, -0.2) is 0 Å². The summed E-state index contributed by atoms with van der Waals surface area (Å²) >= 11 is 0. The van der Waals surface area contributed by atoms with Crippen molar-refractivity contribution in [3.05, 3.63) is 53.6 Å². The van der Waals surface area contributed by atoms with Crippen molar-refractivity contribution in [2.75, 3.05) is 5.32 Å². The molecule has 0 aliphatic heterocycles. The van der Waals surface area contributed by atoms with Gasteiger partial charge in [0.05, 0.1) is 6.04 Å². The summed E-state index contributed by atoms with van der Waals surface area (Å²) < 4.78 is 37.9. The maximum absolute atomic E-state index is 12.6. The predicted octanol–water partition coefficient (Wildman–Crippen LogP) is 3.39. The van der Waals surface area contributed by atoms with Gasteiger partial charge in [0.25, 0.3) is 0 Å². The van der Waals surface area contributed by atoms with E-state index < -0.39 is 18.1 Å². The molecule has 2 amide bonds. The van der Waals surface area contributed by atoms with Crippen LogP contribution in [-0.4, -0.2) is 18.0 Å². The van der Waals surface area contributed by atoms with E-state index in [1.807, 2.05) is 5.32 Å². The van der Waals surface area contributed by atoms with Gasteiger partial charge in [0, 0.05) is 12.6 Å². The Bertz CT molecular complexity index is 831. The maximum atomic E-state index is 12.6. The number of alkyl halides is 3. The first-order chi connectivity index (χ1) is 11.3. The van der Waals surface area contributed by atoms with E-state index in [1.54, 1.807) is 42.5 Å². The van der Waals surface area contributed by atoms with Crippen LogP contribution in [0.4, 0.5) is 18.9 Å². The van der Waals surface area contributed by atoms with Gasteiger partial charge in [0.1, 0.15) is 0 Å². The van der Waals surface area contributed by atoms with E-state index in [0.29, 0.717) is 16.8 Å². The molecule has 0 heterocycles. The molecule has 4 nitrogen and oxygen atoms in total. The zero-order valence-corrected chi connectivity index (χ0v) is 12.6. The highest BCUT2D eigenvalue weighted by atomic mass is 19.4. The van der Waals surface area contributed by atoms with E-state index in [4.69, 9.17) is 0 Å². The highest BCUT2D eigenvalue weighted by Crippen LogP contribution is 2.44. The molecule has 0 bridgehead atoms. The second kappa shape index (κ2) is 5.67. The Hall–Kier alpha value is -2.83. The first-order valence-corrected chi connectivity index (χ1v) is 7.16. The molecule has 0 saturated heterocycles. The Morgan fingerprint density at radius 2 is 1.67 bits per heavy atom. The van der Waals surface area contributed by atoms with Crippen molar-refractivity contribution in [3.8, 4) is 11.1 Å². The number of rotatable bonds is 2. The zero-order valence-electron chi connectivity index (χ0n) is 12.6. The topological polar surface area (TPSA) is 58.2 Å². The van der Waals surface area contributed by atoms with Gasteiger partial charge in [0.15, 0.2) is 0 Å². The van der Waals surface area contributed by atoms with Gasteiger partial charge >= 0.3 is 12.1 Å². The third kappa shape index (κ3) is 2.84. The van der Waals surface area contributed by atoms with Crippen LogP contribution in [0.3, 0.4) is 0 Å². The van der Waals surface area contributed by atoms with Crippen molar-refractivity contribution >= 4 is 17.5 Å². The van der Waals surface area contributed by atoms with E-state index in [2.05, 4.69) is 5.32 Å². The smallest absolute Gasteiger partial charge is 0.337 e. The zero-order chi connectivity index (χ0) is 17.5. The van der Waals surface area contributed by atoms with Crippen LogP contribution in [0, 0.1) is 0 Å². The van der Waals surface area contributed by atoms with E-state index in [9.17, 15) is 22.8 Å². The number of anilines is 1. The molecule has 1 aliphatic rings. The monoisotopic (exact) mass is 334 g/mol. The molecule has 0 radical (unpaired) electrons. The number of hydrogen-bond donors (Lipinski definition) is 2. The van der Waals surface area contributed by atoms with Crippen molar-refractivity contribution in [3.63, 3.8) is 0 Å². The summed E-state index contributed by atoms with van der Waals surface area (Å²) in [4.78, 5) is 22.6. The van der Waals surface area contributed by atoms with Gasteiger partial charge < -0.3 is 10.6 Å². The number of benzene rings is 2. The molecule has 24 heavy (non-hydrogen) atoms. The third-order valence-electron chi connectivity index (χ3n) is 3.78. The molecule has 124 valence electrons. The van der Waals surface area contributed by atoms with Crippen molar-refractivity contribution < 1.29 is 22.8 Å². The summed E-state index contributed by atoms with van der Waals surface area (Å²) in [5.41, 5.74) is 3.05. The SMILES string of the molecule is CC(=O)Nc1ccc2c(c1)[C@H](NC(=O)C(F)(F)F)c1ccccc1-2. The molecule has 2 N–H and O–H groups in total. The number of carbonyl (C=O) groups is 2. The molecule has 7 heteroatoms. The van der Waals surface area contributed by atoms with Gasteiger partial charge in [-0.15, -0.1) is 0 Å². The minimum Gasteiger partial charge on any atom is -0.337 e. The first kappa shape index (κ1) is 16.0. The number of hydrogen-bond acceptors (Lipinski definition) is 2. The third-order valence-corrected chi connectivity index (χ3v) is 3.78. The highest BCUT2D eigenvalue weighted by molar-refractivity contribution is 5.91. The van der Waals surface area contributed by atoms with Gasteiger partial charge in [-0.05, 0) is 34.4 Å². The lowest BCUT2D eigenvalue weighted by atomic mass is 10.0. The van der Waals surface area contributed by atoms with Crippen molar-refractivity contribution in [1.82, 2.24) is 5.32 Å². The molecule has 1 aliphatic carbocycles. The number of amides is 2. The Morgan fingerprint density at radius 3 is 2.33 bits per heavy atom. The van der Waals surface area contributed by atoms with Gasteiger partial charge in [-0.3, -0.25) is 9.59 Å². The summed E-state index contributed by atoms with van der Waals surface area (Å²) in [7, 11) is 0. The predicted molar refractivity (Wildman–Crippen MR) is 82.2 cm³/mol. The Balaban J connectivity index is 2.06. The minimum atomic E-state index is -4.97. The van der Waals surface area contributed by atoms with Crippen LogP contribution in [0.5, 0.6) is 0 Å². The maximum Gasteiger partial charge on any atom is 0.471 e. The molecule has 1 atom stereocenters. The summed E-state index contributed by atoms with van der Waals surface area (Å²) in [5.74, 6) is -2.29. The van der Waals surface area contributed by atoms with Gasteiger partial charge in [0.2, 0.25) is 5.91 Å². The van der Waals surface area contributed by atoms with Gasteiger partial charge in [-0.1, -0.05) is 30.3 Å². The van der Waals surface area contributed by atoms with Crippen LogP contribution < -0.4 is 10.6 Å². The molecular weight excluding hydrogens is 321 g/mol. The van der Waals surface area contributed by atoms with Crippen molar-refractivity contribution in [2.45, 2.75) is 19.1 Å². The Kier molecular flexibility index (Phi) is 3.79. The van der Waals surface area contributed by atoms with Gasteiger partial charge in [-0.2, -0.15) is 13.2 Å². The molecule has 0 saturated carbocycles. The lowest BCUT2D eigenvalue weighted by Crippen LogP contribution is -2.38. The largest absolute Gasteiger partial charge is 0.471 e. The standard InChI is InChI=1S/C17H13F3N2O2/c1-9(23)21-10-6-7-12-11-4-2-3-5-13(11)15(14(12)8-10)22-16(24)17(18,19)20/h2-8,15H,1H3,(H,21,23)(H,22,24)/t15-/m1/s1. The highest BCUT2D eigenvalue weighted by Gasteiger charge is 2.41. The molecular formula is C17H13F3N2O2. The van der Waals surface area contributed by atoms with E-state index in [1.165, 1.54) is 6.92 Å². The molecule has 2 aromatic rings. The normalized spacial score (nSPS) is 15.4. The van der Waals surface area contributed by atoms with Crippen LogP contribution in [0.25, 0.3) is 11.1 Å². The molecule has 0 aromatic heterocycles. The molecule has 0 spiro atoms. The number of fused-ring (bicyclic) bond motifs is 3. The average molecular weight is 334 g/mol. The van der Waals surface area contributed by atoms with Crippen molar-refractivity contribution in [2.24, 2.45) is 0 Å². The molecule has 3 rings (SSSR count). The number of carbonyl (C=O) groups excluding carboxylic acids is 2. The average Bonchev–Trinajstić information content (AvgIpc) is 2.80. The van der Waals surface area contributed by atoms with Crippen molar-refractivity contribution in [1.29, 1.82) is 0 Å². The Morgan fingerprint density at radius 1 is 1.00 bits per heavy atom. The van der Waals surface area contributed by atoms with Crippen LogP contribution in [0.1, 0.15) is 24.1 Å². The van der Waals surface area contributed by atoms with Crippen LogP contribution >= 0.6 is 0 Å². The fourth-order valence-corrected chi connectivity index (χ4v) is 2.86. The fourth-order valence-electron chi connectivity index (χ4n) is 2.86. The molecule has 0 unspecified atom stereocenters.